The van der Waals surface area contributed by atoms with E-state index in [4.69, 9.17) is 14.9 Å². The first-order chi connectivity index (χ1) is 7.38. The maximum atomic E-state index is 5.45. The molecule has 1 aromatic heterocycles. The van der Waals surface area contributed by atoms with Gasteiger partial charge in [-0.25, -0.2) is 4.98 Å². The molecular weight excluding hydrogens is 192 g/mol. The number of hydrogen-bond acceptors (Lipinski definition) is 4. The predicted octanol–water partition coefficient (Wildman–Crippen LogP) is 1.14. The van der Waals surface area contributed by atoms with Gasteiger partial charge in [-0.05, 0) is 25.3 Å². The highest BCUT2D eigenvalue weighted by atomic mass is 16.5. The molecule has 84 valence electrons. The summed E-state index contributed by atoms with van der Waals surface area (Å²) in [4.78, 5) is 4.39. The van der Waals surface area contributed by atoms with Gasteiger partial charge in [0.05, 0.1) is 5.69 Å². The highest BCUT2D eigenvalue weighted by Gasteiger charge is 2.16. The molecule has 1 aromatic rings. The van der Waals surface area contributed by atoms with Gasteiger partial charge in [-0.2, -0.15) is 0 Å². The molecule has 4 nitrogen and oxygen atoms in total. The molecule has 1 saturated heterocycles. The van der Waals surface area contributed by atoms with Crippen molar-refractivity contribution in [1.29, 1.82) is 0 Å². The summed E-state index contributed by atoms with van der Waals surface area (Å²) in [6, 6.07) is 0. The van der Waals surface area contributed by atoms with E-state index in [1.165, 1.54) is 6.42 Å². The molecule has 2 N–H and O–H groups in total. The van der Waals surface area contributed by atoms with Crippen LogP contribution in [0.3, 0.4) is 0 Å². The van der Waals surface area contributed by atoms with Crippen LogP contribution in [0.25, 0.3) is 0 Å². The van der Waals surface area contributed by atoms with E-state index in [1.54, 1.807) is 6.26 Å². The Bertz CT molecular complexity index is 293. The van der Waals surface area contributed by atoms with Crippen molar-refractivity contribution in [3.63, 3.8) is 0 Å². The van der Waals surface area contributed by atoms with Crippen LogP contribution in [0.15, 0.2) is 10.7 Å². The van der Waals surface area contributed by atoms with Crippen molar-refractivity contribution in [2.45, 2.75) is 25.7 Å². The number of aromatic nitrogens is 1. The van der Waals surface area contributed by atoms with E-state index in [2.05, 4.69) is 4.98 Å². The lowest BCUT2D eigenvalue weighted by molar-refractivity contribution is 0.0526. The molecular formula is C11H18N2O2. The van der Waals surface area contributed by atoms with Crippen LogP contribution in [-0.4, -0.2) is 24.7 Å². The van der Waals surface area contributed by atoms with Crippen molar-refractivity contribution >= 4 is 0 Å². The Kier molecular flexibility index (Phi) is 3.75. The summed E-state index contributed by atoms with van der Waals surface area (Å²) in [5, 5.41) is 0. The topological polar surface area (TPSA) is 61.3 Å². The molecule has 1 atom stereocenters. The first-order valence-corrected chi connectivity index (χ1v) is 5.59. The van der Waals surface area contributed by atoms with Crippen LogP contribution < -0.4 is 5.73 Å². The monoisotopic (exact) mass is 210 g/mol. The normalized spacial score (nSPS) is 21.8. The summed E-state index contributed by atoms with van der Waals surface area (Å²) in [6.07, 6.45) is 5.77. The fourth-order valence-corrected chi connectivity index (χ4v) is 1.92. The van der Waals surface area contributed by atoms with Gasteiger partial charge in [0.15, 0.2) is 5.89 Å². The number of nitrogens with two attached hydrogens (primary N) is 1. The van der Waals surface area contributed by atoms with E-state index < -0.39 is 0 Å². The lowest BCUT2D eigenvalue weighted by atomic mass is 9.99. The first kappa shape index (κ1) is 10.6. The van der Waals surface area contributed by atoms with Crippen LogP contribution >= 0.6 is 0 Å². The molecule has 4 heteroatoms. The molecule has 0 aromatic carbocycles. The highest BCUT2D eigenvalue weighted by Crippen LogP contribution is 2.18. The summed E-state index contributed by atoms with van der Waals surface area (Å²) in [5.74, 6) is 1.40. The Balaban J connectivity index is 1.86. The van der Waals surface area contributed by atoms with Gasteiger partial charge in [-0.15, -0.1) is 0 Å². The standard InChI is InChI=1S/C11H18N2O2/c12-4-3-10-8-15-11(13-10)6-9-2-1-5-14-7-9/h8-9H,1-7,12H2. The maximum absolute atomic E-state index is 5.45. The van der Waals surface area contributed by atoms with Crippen molar-refractivity contribution in [1.82, 2.24) is 4.98 Å². The van der Waals surface area contributed by atoms with E-state index in [1.807, 2.05) is 0 Å². The average molecular weight is 210 g/mol. The van der Waals surface area contributed by atoms with E-state index in [0.29, 0.717) is 12.5 Å². The van der Waals surface area contributed by atoms with Gasteiger partial charge in [-0.1, -0.05) is 0 Å². The molecule has 2 heterocycles. The summed E-state index contributed by atoms with van der Waals surface area (Å²) in [7, 11) is 0. The van der Waals surface area contributed by atoms with E-state index in [9.17, 15) is 0 Å². The molecule has 0 bridgehead atoms. The molecule has 0 radical (unpaired) electrons. The third-order valence-electron chi connectivity index (χ3n) is 2.72. The van der Waals surface area contributed by atoms with E-state index in [-0.39, 0.29) is 0 Å². The Morgan fingerprint density at radius 3 is 3.20 bits per heavy atom. The second kappa shape index (κ2) is 5.28. The number of hydrogen-bond donors (Lipinski definition) is 1. The largest absolute Gasteiger partial charge is 0.449 e. The van der Waals surface area contributed by atoms with Crippen LogP contribution in [0.4, 0.5) is 0 Å². The van der Waals surface area contributed by atoms with Gasteiger partial charge in [0.25, 0.3) is 0 Å². The van der Waals surface area contributed by atoms with Crippen molar-refractivity contribution in [2.75, 3.05) is 19.8 Å². The fourth-order valence-electron chi connectivity index (χ4n) is 1.92. The zero-order valence-electron chi connectivity index (χ0n) is 8.95. The van der Waals surface area contributed by atoms with Crippen molar-refractivity contribution in [3.8, 4) is 0 Å². The minimum Gasteiger partial charge on any atom is -0.449 e. The van der Waals surface area contributed by atoms with Gasteiger partial charge >= 0.3 is 0 Å². The number of nitrogens with zero attached hydrogens (tertiary/aromatic N) is 1. The van der Waals surface area contributed by atoms with Crippen LogP contribution in [-0.2, 0) is 17.6 Å². The third kappa shape index (κ3) is 3.04. The Morgan fingerprint density at radius 2 is 2.47 bits per heavy atom. The molecule has 0 aliphatic carbocycles. The maximum Gasteiger partial charge on any atom is 0.194 e. The number of ether oxygens (including phenoxy) is 1. The van der Waals surface area contributed by atoms with Gasteiger partial charge in [-0.3, -0.25) is 0 Å². The molecule has 1 unspecified atom stereocenters. The molecule has 0 spiro atoms. The van der Waals surface area contributed by atoms with Crippen LogP contribution in [0.5, 0.6) is 0 Å². The summed E-state index contributed by atoms with van der Waals surface area (Å²) >= 11 is 0. The van der Waals surface area contributed by atoms with Crippen LogP contribution in [0.1, 0.15) is 24.4 Å². The van der Waals surface area contributed by atoms with Crippen molar-refractivity contribution in [2.24, 2.45) is 11.7 Å². The lowest BCUT2D eigenvalue weighted by Gasteiger charge is -2.20. The van der Waals surface area contributed by atoms with Crippen LogP contribution in [0.2, 0.25) is 0 Å². The Morgan fingerprint density at radius 1 is 1.53 bits per heavy atom. The van der Waals surface area contributed by atoms with E-state index in [0.717, 1.165) is 44.1 Å². The van der Waals surface area contributed by atoms with Crippen molar-refractivity contribution in [3.05, 3.63) is 17.8 Å². The van der Waals surface area contributed by atoms with Crippen LogP contribution in [0, 0.1) is 5.92 Å². The van der Waals surface area contributed by atoms with Gasteiger partial charge in [0.2, 0.25) is 0 Å². The first-order valence-electron chi connectivity index (χ1n) is 5.59. The lowest BCUT2D eigenvalue weighted by Crippen LogP contribution is -2.19. The summed E-state index contributed by atoms with van der Waals surface area (Å²) in [6.45, 7) is 2.37. The summed E-state index contributed by atoms with van der Waals surface area (Å²) < 4.78 is 10.8. The SMILES string of the molecule is NCCc1coc(CC2CCCOC2)n1. The minimum absolute atomic E-state index is 0.572. The molecule has 1 fully saturated rings. The Hall–Kier alpha value is -0.870. The fraction of sp³-hybridized carbons (Fsp3) is 0.727. The molecule has 15 heavy (non-hydrogen) atoms. The zero-order valence-corrected chi connectivity index (χ0v) is 8.95. The molecule has 0 amide bonds. The molecule has 1 aliphatic rings. The smallest absolute Gasteiger partial charge is 0.194 e. The second-order valence-corrected chi connectivity index (χ2v) is 4.06. The molecule has 0 saturated carbocycles. The molecule has 1 aliphatic heterocycles. The molecule has 2 rings (SSSR count). The highest BCUT2D eigenvalue weighted by molar-refractivity contribution is 4.97. The van der Waals surface area contributed by atoms with Crippen molar-refractivity contribution < 1.29 is 9.15 Å². The average Bonchev–Trinajstić information content (AvgIpc) is 2.68. The predicted molar refractivity (Wildman–Crippen MR) is 56.5 cm³/mol. The van der Waals surface area contributed by atoms with Gasteiger partial charge in [0.1, 0.15) is 6.26 Å². The third-order valence-corrected chi connectivity index (χ3v) is 2.72. The Labute approximate surface area is 89.8 Å². The number of oxazole rings is 1. The quantitative estimate of drug-likeness (QED) is 0.809. The van der Waals surface area contributed by atoms with E-state index >= 15 is 0 Å². The number of rotatable bonds is 4. The minimum atomic E-state index is 0.572. The summed E-state index contributed by atoms with van der Waals surface area (Å²) in [5.41, 5.74) is 6.41. The van der Waals surface area contributed by atoms with Gasteiger partial charge in [0, 0.05) is 26.1 Å². The zero-order chi connectivity index (χ0) is 10.5. The second-order valence-electron chi connectivity index (χ2n) is 4.06. The van der Waals surface area contributed by atoms with Gasteiger partial charge < -0.3 is 14.9 Å².